The van der Waals surface area contributed by atoms with Gasteiger partial charge in [0.2, 0.25) is 0 Å². The minimum absolute atomic E-state index is 0.119. The molecule has 1 saturated carbocycles. The molecule has 2 nitrogen and oxygen atoms in total. The Balaban J connectivity index is 1.74. The minimum Gasteiger partial charge on any atom is -0.403 e. The van der Waals surface area contributed by atoms with E-state index in [1.54, 1.807) is 6.07 Å². The van der Waals surface area contributed by atoms with Crippen LogP contribution in [0.4, 0.5) is 4.39 Å². The van der Waals surface area contributed by atoms with E-state index in [9.17, 15) is 4.39 Å². The number of halogens is 1. The molecular weight excluding hydrogens is 242 g/mol. The van der Waals surface area contributed by atoms with E-state index in [0.717, 1.165) is 12.0 Å². The van der Waals surface area contributed by atoms with Crippen molar-refractivity contribution in [3.8, 4) is 0 Å². The second-order valence-corrected chi connectivity index (χ2v) is 6.65. The molecule has 1 unspecified atom stereocenters. The second-order valence-electron chi connectivity index (χ2n) is 6.65. The molecule has 0 N–H and O–H groups in total. The number of hydrogen-bond acceptors (Lipinski definition) is 2. The van der Waals surface area contributed by atoms with Gasteiger partial charge >= 0.3 is 7.12 Å². The van der Waals surface area contributed by atoms with Crippen LogP contribution in [0.5, 0.6) is 0 Å². The lowest BCUT2D eigenvalue weighted by Crippen LogP contribution is -2.41. The summed E-state index contributed by atoms with van der Waals surface area (Å²) in [6.07, 6.45) is 0.942. The van der Waals surface area contributed by atoms with Gasteiger partial charge in [-0.2, -0.15) is 0 Å². The normalized spacial score (nSPS) is 31.5. The zero-order valence-corrected chi connectivity index (χ0v) is 11.9. The first kappa shape index (κ1) is 13.1. The molecule has 1 aromatic carbocycles. The Bertz CT molecular complexity index is 485. The van der Waals surface area contributed by atoms with Crippen LogP contribution < -0.4 is 0 Å². The monoisotopic (exact) mass is 262 g/mol. The van der Waals surface area contributed by atoms with Crippen LogP contribution in [0.3, 0.4) is 0 Å². The molecule has 1 aliphatic heterocycles. The van der Waals surface area contributed by atoms with E-state index in [1.807, 2.05) is 39.8 Å². The fraction of sp³-hybridized carbons (Fsp3) is 0.600. The van der Waals surface area contributed by atoms with E-state index < -0.39 is 0 Å². The predicted octanol–water partition coefficient (Wildman–Crippen LogP) is 3.78. The summed E-state index contributed by atoms with van der Waals surface area (Å²) in [5.41, 5.74) is 0.183. The van der Waals surface area contributed by atoms with Gasteiger partial charge in [0.25, 0.3) is 0 Å². The molecule has 0 aromatic heterocycles. The first-order valence-corrected chi connectivity index (χ1v) is 6.92. The van der Waals surface area contributed by atoms with E-state index in [-0.39, 0.29) is 35.9 Å². The molecule has 19 heavy (non-hydrogen) atoms. The number of hydrogen-bond donors (Lipinski definition) is 0. The Hall–Kier alpha value is -0.865. The van der Waals surface area contributed by atoms with Gasteiger partial charge in [-0.15, -0.1) is 0 Å². The number of benzene rings is 1. The fourth-order valence-corrected chi connectivity index (χ4v) is 2.71. The Kier molecular flexibility index (Phi) is 2.81. The zero-order chi connectivity index (χ0) is 13.8. The van der Waals surface area contributed by atoms with E-state index in [4.69, 9.17) is 9.31 Å². The molecule has 0 bridgehead atoms. The van der Waals surface area contributed by atoms with Crippen molar-refractivity contribution in [1.29, 1.82) is 0 Å². The Morgan fingerprint density at radius 2 is 1.68 bits per heavy atom. The smallest absolute Gasteiger partial charge is 0.403 e. The predicted molar refractivity (Wildman–Crippen MR) is 73.6 cm³/mol. The molecule has 102 valence electrons. The van der Waals surface area contributed by atoms with Gasteiger partial charge in [0.1, 0.15) is 5.82 Å². The lowest BCUT2D eigenvalue weighted by atomic mass is 9.79. The van der Waals surface area contributed by atoms with Crippen molar-refractivity contribution < 1.29 is 13.7 Å². The van der Waals surface area contributed by atoms with E-state index >= 15 is 0 Å². The molecule has 1 aliphatic carbocycles. The summed E-state index contributed by atoms with van der Waals surface area (Å²) in [5, 5.41) is 0. The van der Waals surface area contributed by atoms with Crippen LogP contribution in [0.25, 0.3) is 0 Å². The quantitative estimate of drug-likeness (QED) is 0.755. The van der Waals surface area contributed by atoms with Crippen molar-refractivity contribution in [2.45, 2.75) is 57.1 Å². The van der Waals surface area contributed by atoms with Gasteiger partial charge < -0.3 is 9.31 Å². The summed E-state index contributed by atoms with van der Waals surface area (Å²) in [5.74, 6) is 0.389. The van der Waals surface area contributed by atoms with Crippen LogP contribution in [0, 0.1) is 5.82 Å². The molecule has 1 heterocycles. The average molecular weight is 262 g/mol. The van der Waals surface area contributed by atoms with Crippen molar-refractivity contribution in [2.75, 3.05) is 0 Å². The lowest BCUT2D eigenvalue weighted by Gasteiger charge is -2.32. The average Bonchev–Trinajstić information content (AvgIpc) is 3.03. The maximum Gasteiger partial charge on any atom is 0.461 e. The van der Waals surface area contributed by atoms with Crippen LogP contribution in [0.1, 0.15) is 45.6 Å². The van der Waals surface area contributed by atoms with E-state index in [1.165, 1.54) is 6.07 Å². The maximum absolute atomic E-state index is 13.8. The molecule has 4 heteroatoms. The molecular formula is C15H20BFO2. The highest BCUT2D eigenvalue weighted by atomic mass is 19.1. The summed E-state index contributed by atoms with van der Waals surface area (Å²) >= 11 is 0. The molecule has 2 aliphatic rings. The topological polar surface area (TPSA) is 18.5 Å². The van der Waals surface area contributed by atoms with Gasteiger partial charge in [0.15, 0.2) is 0 Å². The fourth-order valence-electron chi connectivity index (χ4n) is 2.71. The molecule has 0 radical (unpaired) electrons. The Morgan fingerprint density at radius 1 is 1.11 bits per heavy atom. The van der Waals surface area contributed by atoms with Crippen LogP contribution in [-0.4, -0.2) is 18.3 Å². The van der Waals surface area contributed by atoms with Gasteiger partial charge in [-0.1, -0.05) is 18.2 Å². The van der Waals surface area contributed by atoms with Crippen LogP contribution in [-0.2, 0) is 9.31 Å². The first-order chi connectivity index (χ1) is 8.82. The first-order valence-electron chi connectivity index (χ1n) is 6.92. The van der Waals surface area contributed by atoms with Crippen LogP contribution >= 0.6 is 0 Å². The van der Waals surface area contributed by atoms with Gasteiger partial charge in [0, 0.05) is 5.82 Å². The summed E-state index contributed by atoms with van der Waals surface area (Å²) in [7, 11) is -0.213. The molecule has 2 atom stereocenters. The summed E-state index contributed by atoms with van der Waals surface area (Å²) in [6.45, 7) is 8.20. The SMILES string of the molecule is CC1(C)OB(C2C[C@H]2c2ccccc2F)OC1(C)C. The van der Waals surface area contributed by atoms with Crippen molar-refractivity contribution >= 4 is 7.12 Å². The minimum atomic E-state index is -0.306. The van der Waals surface area contributed by atoms with Crippen molar-refractivity contribution in [1.82, 2.24) is 0 Å². The van der Waals surface area contributed by atoms with E-state index in [2.05, 4.69) is 0 Å². The summed E-state index contributed by atoms with van der Waals surface area (Å²) in [6, 6.07) is 7.00. The third kappa shape index (κ3) is 2.11. The maximum atomic E-state index is 13.8. The Labute approximate surface area is 114 Å². The molecule has 3 rings (SSSR count). The largest absolute Gasteiger partial charge is 0.461 e. The van der Waals surface area contributed by atoms with Crippen molar-refractivity contribution in [2.24, 2.45) is 0 Å². The lowest BCUT2D eigenvalue weighted by molar-refractivity contribution is 0.00578. The van der Waals surface area contributed by atoms with E-state index in [0.29, 0.717) is 0 Å². The van der Waals surface area contributed by atoms with Crippen molar-refractivity contribution in [3.63, 3.8) is 0 Å². The van der Waals surface area contributed by atoms with Gasteiger partial charge in [-0.05, 0) is 51.7 Å². The van der Waals surface area contributed by atoms with Crippen LogP contribution in [0.2, 0.25) is 5.82 Å². The molecule has 2 fully saturated rings. The molecule has 1 saturated heterocycles. The standard InChI is InChI=1S/C15H20BFO2/c1-14(2)15(3,4)19-16(18-14)12-9-11(12)10-7-5-6-8-13(10)17/h5-8,11-12H,9H2,1-4H3/t11-,12?/m0/s1. The van der Waals surface area contributed by atoms with Gasteiger partial charge in [-0.3, -0.25) is 0 Å². The van der Waals surface area contributed by atoms with Gasteiger partial charge in [0.05, 0.1) is 11.2 Å². The third-order valence-corrected chi connectivity index (χ3v) is 4.77. The highest BCUT2D eigenvalue weighted by molar-refractivity contribution is 6.49. The van der Waals surface area contributed by atoms with Crippen LogP contribution in [0.15, 0.2) is 24.3 Å². The highest BCUT2D eigenvalue weighted by Crippen LogP contribution is 2.58. The zero-order valence-electron chi connectivity index (χ0n) is 11.9. The molecule has 0 spiro atoms. The van der Waals surface area contributed by atoms with Crippen molar-refractivity contribution in [3.05, 3.63) is 35.6 Å². The Morgan fingerprint density at radius 3 is 2.26 bits per heavy atom. The number of rotatable bonds is 2. The summed E-state index contributed by atoms with van der Waals surface area (Å²) in [4.78, 5) is 0. The second kappa shape index (κ2) is 4.06. The summed E-state index contributed by atoms with van der Waals surface area (Å²) < 4.78 is 25.8. The molecule has 0 amide bonds. The third-order valence-electron chi connectivity index (χ3n) is 4.77. The highest BCUT2D eigenvalue weighted by Gasteiger charge is 2.60. The van der Waals surface area contributed by atoms with Gasteiger partial charge in [-0.25, -0.2) is 4.39 Å². The molecule has 1 aromatic rings.